The Morgan fingerprint density at radius 1 is 1.19 bits per heavy atom. The van der Waals surface area contributed by atoms with E-state index in [9.17, 15) is 9.59 Å². The monoisotopic (exact) mass is 293 g/mol. The van der Waals surface area contributed by atoms with Crippen molar-refractivity contribution in [2.45, 2.75) is 39.2 Å². The van der Waals surface area contributed by atoms with Crippen molar-refractivity contribution >= 4 is 11.9 Å². The fourth-order valence-corrected chi connectivity index (χ4v) is 1.67. The lowest BCUT2D eigenvalue weighted by Crippen LogP contribution is -2.39. The maximum atomic E-state index is 11.8. The summed E-state index contributed by atoms with van der Waals surface area (Å²) in [5.74, 6) is -0.242. The van der Waals surface area contributed by atoms with E-state index in [0.29, 0.717) is 5.75 Å². The highest BCUT2D eigenvalue weighted by Crippen LogP contribution is 2.24. The Kier molecular flexibility index (Phi) is 5.76. The van der Waals surface area contributed by atoms with Gasteiger partial charge in [0.25, 0.3) is 5.91 Å². The van der Waals surface area contributed by atoms with E-state index < -0.39 is 12.1 Å². The summed E-state index contributed by atoms with van der Waals surface area (Å²) in [7, 11) is 1.27. The van der Waals surface area contributed by atoms with Crippen molar-refractivity contribution in [3.63, 3.8) is 0 Å². The topological polar surface area (TPSA) is 64.6 Å². The van der Waals surface area contributed by atoms with Gasteiger partial charge in [-0.3, -0.25) is 9.59 Å². The molecule has 1 N–H and O–H groups in total. The second kappa shape index (κ2) is 7.11. The van der Waals surface area contributed by atoms with Crippen molar-refractivity contribution in [2.75, 3.05) is 13.7 Å². The Morgan fingerprint density at radius 2 is 1.76 bits per heavy atom. The van der Waals surface area contributed by atoms with Crippen LogP contribution in [0.2, 0.25) is 0 Å². The largest absolute Gasteiger partial charge is 0.481 e. The summed E-state index contributed by atoms with van der Waals surface area (Å²) in [6.07, 6.45) is -0.685. The number of methoxy groups -OCH3 is 1. The maximum Gasteiger partial charge on any atom is 0.325 e. The zero-order valence-corrected chi connectivity index (χ0v) is 13.2. The minimum atomic E-state index is -0.685. The number of esters is 1. The number of carbonyl (C=O) groups excluding carboxylic acids is 2. The summed E-state index contributed by atoms with van der Waals surface area (Å²) in [5, 5.41) is 2.45. The van der Waals surface area contributed by atoms with Crippen molar-refractivity contribution in [1.29, 1.82) is 0 Å². The van der Waals surface area contributed by atoms with Gasteiger partial charge in [-0.15, -0.1) is 0 Å². The van der Waals surface area contributed by atoms with Gasteiger partial charge in [0.05, 0.1) is 7.11 Å². The number of benzene rings is 1. The number of ether oxygens (including phenoxy) is 2. The molecule has 0 fully saturated rings. The summed E-state index contributed by atoms with van der Waals surface area (Å²) < 4.78 is 9.99. The molecular weight excluding hydrogens is 270 g/mol. The molecule has 0 saturated heterocycles. The van der Waals surface area contributed by atoms with E-state index in [1.54, 1.807) is 6.92 Å². The molecule has 116 valence electrons. The van der Waals surface area contributed by atoms with Crippen LogP contribution in [0.25, 0.3) is 0 Å². The predicted octanol–water partition coefficient (Wildman–Crippen LogP) is 2.04. The molecule has 1 aromatic rings. The van der Waals surface area contributed by atoms with Crippen LogP contribution in [0, 0.1) is 0 Å². The van der Waals surface area contributed by atoms with Crippen LogP contribution < -0.4 is 10.1 Å². The second-order valence-corrected chi connectivity index (χ2v) is 5.83. The predicted molar refractivity (Wildman–Crippen MR) is 80.3 cm³/mol. The van der Waals surface area contributed by atoms with Crippen LogP contribution in [0.1, 0.15) is 33.3 Å². The number of hydrogen-bond donors (Lipinski definition) is 1. The molecule has 1 aromatic carbocycles. The van der Waals surface area contributed by atoms with Crippen molar-refractivity contribution in [3.8, 4) is 5.75 Å². The molecule has 0 aromatic heterocycles. The van der Waals surface area contributed by atoms with Gasteiger partial charge in [0.2, 0.25) is 0 Å². The minimum Gasteiger partial charge on any atom is -0.481 e. The molecular formula is C16H23NO4. The summed E-state index contributed by atoms with van der Waals surface area (Å²) in [6, 6.07) is 7.64. The lowest BCUT2D eigenvalue weighted by atomic mass is 9.87. The third-order valence-corrected chi connectivity index (χ3v) is 3.04. The number of amides is 1. The molecule has 1 atom stereocenters. The van der Waals surface area contributed by atoms with E-state index in [1.165, 1.54) is 12.7 Å². The Balaban J connectivity index is 2.56. The van der Waals surface area contributed by atoms with Gasteiger partial charge in [-0.2, -0.15) is 0 Å². The zero-order valence-electron chi connectivity index (χ0n) is 13.2. The summed E-state index contributed by atoms with van der Waals surface area (Å²) in [4.78, 5) is 22.7. The third-order valence-electron chi connectivity index (χ3n) is 3.04. The van der Waals surface area contributed by atoms with Gasteiger partial charge >= 0.3 is 5.97 Å². The lowest BCUT2D eigenvalue weighted by molar-refractivity contribution is -0.141. The second-order valence-electron chi connectivity index (χ2n) is 5.83. The highest BCUT2D eigenvalue weighted by atomic mass is 16.5. The number of nitrogens with one attached hydrogen (secondary N) is 1. The van der Waals surface area contributed by atoms with Crippen LogP contribution in [0.15, 0.2) is 24.3 Å². The minimum absolute atomic E-state index is 0.0715. The van der Waals surface area contributed by atoms with Crippen LogP contribution in [-0.2, 0) is 19.7 Å². The molecule has 0 spiro atoms. The average Bonchev–Trinajstić information content (AvgIpc) is 2.43. The maximum absolute atomic E-state index is 11.8. The molecule has 0 aliphatic rings. The highest BCUT2D eigenvalue weighted by Gasteiger charge is 2.17. The third kappa shape index (κ3) is 5.45. The first-order valence-electron chi connectivity index (χ1n) is 6.85. The van der Waals surface area contributed by atoms with E-state index in [-0.39, 0.29) is 17.9 Å². The average molecular weight is 293 g/mol. The first kappa shape index (κ1) is 17.0. The quantitative estimate of drug-likeness (QED) is 0.844. The van der Waals surface area contributed by atoms with Crippen molar-refractivity contribution in [1.82, 2.24) is 5.32 Å². The molecule has 0 radical (unpaired) electrons. The standard InChI is InChI=1S/C16H23NO4/c1-11(15(19)17-10-14(18)20-5)21-13-8-6-12(7-9-13)16(2,3)4/h6-9,11H,10H2,1-5H3,(H,17,19)/t11-/m0/s1. The van der Waals surface area contributed by atoms with Gasteiger partial charge in [-0.05, 0) is 30.0 Å². The highest BCUT2D eigenvalue weighted by molar-refractivity contribution is 5.84. The van der Waals surface area contributed by atoms with Crippen molar-refractivity contribution in [3.05, 3.63) is 29.8 Å². The van der Waals surface area contributed by atoms with Gasteiger partial charge < -0.3 is 14.8 Å². The van der Waals surface area contributed by atoms with Crippen LogP contribution >= 0.6 is 0 Å². The van der Waals surface area contributed by atoms with Gasteiger partial charge in [0, 0.05) is 0 Å². The lowest BCUT2D eigenvalue weighted by Gasteiger charge is -2.20. The molecule has 21 heavy (non-hydrogen) atoms. The molecule has 0 unspecified atom stereocenters. The van der Waals surface area contributed by atoms with E-state index in [2.05, 4.69) is 30.8 Å². The van der Waals surface area contributed by atoms with Crippen LogP contribution in [-0.4, -0.2) is 31.6 Å². The Bertz CT molecular complexity index is 488. The Labute approximate surface area is 125 Å². The van der Waals surface area contributed by atoms with Gasteiger partial charge in [0.1, 0.15) is 12.3 Å². The van der Waals surface area contributed by atoms with Crippen LogP contribution in [0.3, 0.4) is 0 Å². The first-order valence-corrected chi connectivity index (χ1v) is 6.85. The fraction of sp³-hybridized carbons (Fsp3) is 0.500. The van der Waals surface area contributed by atoms with Crippen molar-refractivity contribution < 1.29 is 19.1 Å². The van der Waals surface area contributed by atoms with Crippen LogP contribution in [0.5, 0.6) is 5.75 Å². The molecule has 0 bridgehead atoms. The Morgan fingerprint density at radius 3 is 2.24 bits per heavy atom. The molecule has 0 aliphatic carbocycles. The van der Waals surface area contributed by atoms with Gasteiger partial charge in [0.15, 0.2) is 6.10 Å². The van der Waals surface area contributed by atoms with E-state index in [1.807, 2.05) is 24.3 Å². The molecule has 5 nitrogen and oxygen atoms in total. The summed E-state index contributed by atoms with van der Waals surface area (Å²) >= 11 is 0. The van der Waals surface area contributed by atoms with E-state index in [0.717, 1.165) is 0 Å². The Hall–Kier alpha value is -2.04. The molecule has 0 saturated carbocycles. The van der Waals surface area contributed by atoms with Gasteiger partial charge in [-0.25, -0.2) is 0 Å². The molecule has 1 rings (SSSR count). The van der Waals surface area contributed by atoms with E-state index in [4.69, 9.17) is 4.74 Å². The number of carbonyl (C=O) groups is 2. The molecule has 1 amide bonds. The first-order chi connectivity index (χ1) is 9.74. The molecule has 5 heteroatoms. The summed E-state index contributed by atoms with van der Waals surface area (Å²) in [5.41, 5.74) is 1.26. The summed E-state index contributed by atoms with van der Waals surface area (Å²) in [6.45, 7) is 7.86. The van der Waals surface area contributed by atoms with Gasteiger partial charge in [-0.1, -0.05) is 32.9 Å². The SMILES string of the molecule is COC(=O)CNC(=O)[C@H](C)Oc1ccc(C(C)(C)C)cc1. The zero-order chi connectivity index (χ0) is 16.0. The van der Waals surface area contributed by atoms with E-state index >= 15 is 0 Å². The van der Waals surface area contributed by atoms with Crippen LogP contribution in [0.4, 0.5) is 0 Å². The smallest absolute Gasteiger partial charge is 0.325 e. The number of rotatable bonds is 5. The number of hydrogen-bond acceptors (Lipinski definition) is 4. The molecule has 0 heterocycles. The normalized spacial score (nSPS) is 12.4. The molecule has 0 aliphatic heterocycles. The fourth-order valence-electron chi connectivity index (χ4n) is 1.67. The van der Waals surface area contributed by atoms with Crippen molar-refractivity contribution in [2.24, 2.45) is 0 Å².